The lowest BCUT2D eigenvalue weighted by atomic mass is 10.2. The molecule has 0 fully saturated rings. The van der Waals surface area contributed by atoms with Crippen molar-refractivity contribution in [3.05, 3.63) is 40.4 Å². The summed E-state index contributed by atoms with van der Waals surface area (Å²) in [6, 6.07) is 2.37. The largest absolute Gasteiger partial charge is 0.491 e. The monoisotopic (exact) mass is 467 g/mol. The average molecular weight is 467 g/mol. The molecule has 15 heteroatoms. The minimum atomic E-state index is -4.81. The van der Waals surface area contributed by atoms with E-state index in [0.29, 0.717) is 0 Å². The van der Waals surface area contributed by atoms with Crippen LogP contribution in [0.4, 0.5) is 25.1 Å². The molecule has 0 saturated carbocycles. The molecule has 2 amide bonds. The molecule has 0 aliphatic rings. The third-order valence-electron chi connectivity index (χ3n) is 4.12. The molecule has 3 aromatic rings. The Morgan fingerprint density at radius 1 is 1.21 bits per heavy atom. The fourth-order valence-corrected chi connectivity index (χ4v) is 2.75. The molecule has 0 atom stereocenters. The molecule has 0 spiro atoms. The summed E-state index contributed by atoms with van der Waals surface area (Å²) in [5.74, 6) is -2.80. The SMILES string of the molecule is COc1c(OCC(N)=O)ccc2c(=O)n(CC(F)(F)F)c(NC(=O)c3cnc(N)nc3)nc12. The quantitative estimate of drug-likeness (QED) is 0.445. The fraction of sp³-hybridized carbons (Fsp3) is 0.222. The summed E-state index contributed by atoms with van der Waals surface area (Å²) in [6.07, 6.45) is -2.72. The maximum Gasteiger partial charge on any atom is 0.406 e. The normalized spacial score (nSPS) is 11.3. The van der Waals surface area contributed by atoms with Crippen LogP contribution in [-0.4, -0.2) is 51.2 Å². The Labute approximate surface area is 182 Å². The van der Waals surface area contributed by atoms with Crippen LogP contribution >= 0.6 is 0 Å². The van der Waals surface area contributed by atoms with Crippen LogP contribution in [0.25, 0.3) is 10.9 Å². The third kappa shape index (κ3) is 5.25. The highest BCUT2D eigenvalue weighted by Gasteiger charge is 2.31. The van der Waals surface area contributed by atoms with Crippen molar-refractivity contribution in [2.24, 2.45) is 5.73 Å². The van der Waals surface area contributed by atoms with Gasteiger partial charge in [-0.2, -0.15) is 13.2 Å². The van der Waals surface area contributed by atoms with Crippen LogP contribution in [0.2, 0.25) is 0 Å². The first-order valence-corrected chi connectivity index (χ1v) is 8.98. The second-order valence-corrected chi connectivity index (χ2v) is 6.47. The number of carbonyl (C=O) groups is 2. The van der Waals surface area contributed by atoms with Crippen LogP contribution in [0.3, 0.4) is 0 Å². The van der Waals surface area contributed by atoms with Gasteiger partial charge in [0.1, 0.15) is 12.1 Å². The van der Waals surface area contributed by atoms with Crippen molar-refractivity contribution in [2.75, 3.05) is 24.8 Å². The number of benzene rings is 1. The van der Waals surface area contributed by atoms with Gasteiger partial charge in [0.15, 0.2) is 18.1 Å². The van der Waals surface area contributed by atoms with Crippen LogP contribution in [-0.2, 0) is 11.3 Å². The topological polar surface area (TPSA) is 177 Å². The molecule has 0 aliphatic heterocycles. The molecule has 5 N–H and O–H groups in total. The predicted octanol–water partition coefficient (Wildman–Crippen LogP) is 0.456. The van der Waals surface area contributed by atoms with Gasteiger partial charge >= 0.3 is 6.18 Å². The second-order valence-electron chi connectivity index (χ2n) is 6.47. The zero-order chi connectivity index (χ0) is 24.3. The number of carbonyl (C=O) groups excluding carboxylic acids is 2. The maximum absolute atomic E-state index is 13.2. The van der Waals surface area contributed by atoms with Gasteiger partial charge < -0.3 is 20.9 Å². The smallest absolute Gasteiger partial charge is 0.406 e. The molecule has 0 radical (unpaired) electrons. The summed E-state index contributed by atoms with van der Waals surface area (Å²) in [7, 11) is 1.19. The minimum absolute atomic E-state index is 0.0477. The zero-order valence-electron chi connectivity index (χ0n) is 16.8. The number of nitrogen functional groups attached to an aromatic ring is 1. The fourth-order valence-electron chi connectivity index (χ4n) is 2.75. The number of hydrogen-bond donors (Lipinski definition) is 3. The molecule has 0 unspecified atom stereocenters. The van der Waals surface area contributed by atoms with E-state index in [0.717, 1.165) is 18.5 Å². The van der Waals surface area contributed by atoms with E-state index >= 15 is 0 Å². The van der Waals surface area contributed by atoms with Gasteiger partial charge in [-0.3, -0.25) is 24.3 Å². The number of nitrogens with one attached hydrogen (secondary N) is 1. The Morgan fingerprint density at radius 2 is 1.88 bits per heavy atom. The zero-order valence-corrected chi connectivity index (χ0v) is 16.8. The number of nitrogens with two attached hydrogens (primary N) is 2. The summed E-state index contributed by atoms with van der Waals surface area (Å²) in [5, 5.41) is 1.89. The van der Waals surface area contributed by atoms with E-state index in [1.165, 1.54) is 13.2 Å². The van der Waals surface area contributed by atoms with E-state index in [4.69, 9.17) is 20.9 Å². The highest BCUT2D eigenvalue weighted by molar-refractivity contribution is 6.03. The summed E-state index contributed by atoms with van der Waals surface area (Å²) in [4.78, 5) is 47.7. The van der Waals surface area contributed by atoms with Crippen LogP contribution in [0.5, 0.6) is 11.5 Å². The molecule has 2 aromatic heterocycles. The van der Waals surface area contributed by atoms with Crippen LogP contribution in [0.15, 0.2) is 29.3 Å². The van der Waals surface area contributed by atoms with Crippen LogP contribution in [0, 0.1) is 0 Å². The highest BCUT2D eigenvalue weighted by Crippen LogP contribution is 2.34. The van der Waals surface area contributed by atoms with E-state index in [1.807, 2.05) is 0 Å². The lowest BCUT2D eigenvalue weighted by molar-refractivity contribution is -0.140. The first-order chi connectivity index (χ1) is 15.5. The van der Waals surface area contributed by atoms with Crippen molar-refractivity contribution in [1.29, 1.82) is 0 Å². The molecule has 0 saturated heterocycles. The van der Waals surface area contributed by atoms with Gasteiger partial charge in [-0.05, 0) is 12.1 Å². The Kier molecular flexibility index (Phi) is 6.32. The van der Waals surface area contributed by atoms with Gasteiger partial charge in [0.25, 0.3) is 17.4 Å². The van der Waals surface area contributed by atoms with E-state index in [2.05, 4.69) is 20.3 Å². The Hall–Kier alpha value is -4.43. The summed E-state index contributed by atoms with van der Waals surface area (Å²) >= 11 is 0. The molecule has 0 aliphatic carbocycles. The summed E-state index contributed by atoms with van der Waals surface area (Å²) < 4.78 is 50.2. The Balaban J connectivity index is 2.17. The number of anilines is 2. The summed E-state index contributed by atoms with van der Waals surface area (Å²) in [5.41, 5.74) is 8.92. The molecule has 12 nitrogen and oxygen atoms in total. The highest BCUT2D eigenvalue weighted by atomic mass is 19.4. The van der Waals surface area contributed by atoms with E-state index in [9.17, 15) is 27.6 Å². The number of fused-ring (bicyclic) bond motifs is 1. The Morgan fingerprint density at radius 3 is 2.45 bits per heavy atom. The second kappa shape index (κ2) is 8.97. The first-order valence-electron chi connectivity index (χ1n) is 8.98. The number of amides is 2. The number of nitrogens with zero attached hydrogens (tertiary/aromatic N) is 4. The third-order valence-corrected chi connectivity index (χ3v) is 4.12. The molecular weight excluding hydrogens is 451 g/mol. The van der Waals surface area contributed by atoms with Crippen LogP contribution < -0.4 is 31.8 Å². The van der Waals surface area contributed by atoms with E-state index in [-0.39, 0.29) is 38.5 Å². The van der Waals surface area contributed by atoms with Gasteiger partial charge in [-0.15, -0.1) is 0 Å². The number of methoxy groups -OCH3 is 1. The van der Waals surface area contributed by atoms with Crippen LogP contribution in [0.1, 0.15) is 10.4 Å². The number of primary amides is 1. The van der Waals surface area contributed by atoms with Crippen molar-refractivity contribution < 1.29 is 32.2 Å². The van der Waals surface area contributed by atoms with Gasteiger partial charge in [0.2, 0.25) is 11.9 Å². The number of aromatic nitrogens is 4. The van der Waals surface area contributed by atoms with Gasteiger partial charge in [-0.1, -0.05) is 0 Å². The van der Waals surface area contributed by atoms with Gasteiger partial charge in [0, 0.05) is 12.4 Å². The standard InChI is InChI=1S/C18H16F3N7O5/c1-32-13-10(33-6-11(22)29)3-2-9-12(13)26-17(28(15(9)31)7-18(19,20)21)27-14(30)8-4-24-16(23)25-5-8/h2-5H,6-7H2,1H3,(H2,22,29)(H2,23,24,25)(H,26,27,30). The maximum atomic E-state index is 13.2. The van der Waals surface area contributed by atoms with Crippen molar-refractivity contribution in [3.63, 3.8) is 0 Å². The van der Waals surface area contributed by atoms with E-state index in [1.54, 1.807) is 0 Å². The first kappa shape index (κ1) is 23.2. The molecule has 1 aromatic carbocycles. The van der Waals surface area contributed by atoms with Crippen molar-refractivity contribution in [2.45, 2.75) is 12.7 Å². The van der Waals surface area contributed by atoms with Gasteiger partial charge in [0.05, 0.1) is 18.1 Å². The lowest BCUT2D eigenvalue weighted by Crippen LogP contribution is -2.32. The van der Waals surface area contributed by atoms with Gasteiger partial charge in [-0.25, -0.2) is 15.0 Å². The Bertz CT molecular complexity index is 1280. The minimum Gasteiger partial charge on any atom is -0.491 e. The molecule has 3 rings (SSSR count). The number of rotatable bonds is 7. The number of halogens is 3. The number of hydrogen-bond acceptors (Lipinski definition) is 9. The average Bonchev–Trinajstić information content (AvgIpc) is 2.74. The lowest BCUT2D eigenvalue weighted by Gasteiger charge is -2.17. The van der Waals surface area contributed by atoms with Crippen molar-refractivity contribution in [3.8, 4) is 11.5 Å². The molecular formula is C18H16F3N7O5. The molecule has 174 valence electrons. The molecule has 0 bridgehead atoms. The number of ether oxygens (including phenoxy) is 2. The molecule has 2 heterocycles. The predicted molar refractivity (Wildman–Crippen MR) is 108 cm³/mol. The summed E-state index contributed by atoms with van der Waals surface area (Å²) in [6.45, 7) is -2.27. The van der Waals surface area contributed by atoms with Crippen molar-refractivity contribution in [1.82, 2.24) is 19.5 Å². The van der Waals surface area contributed by atoms with E-state index < -0.39 is 42.6 Å². The van der Waals surface area contributed by atoms with Crippen molar-refractivity contribution >= 4 is 34.6 Å². The molecule has 33 heavy (non-hydrogen) atoms. The number of alkyl halides is 3.